The summed E-state index contributed by atoms with van der Waals surface area (Å²) in [5.41, 5.74) is 0. The predicted octanol–water partition coefficient (Wildman–Crippen LogP) is 1.13. The second-order valence-electron chi connectivity index (χ2n) is 7.41. The normalized spacial score (nSPS) is 28.3. The van der Waals surface area contributed by atoms with Crippen LogP contribution < -0.4 is 5.32 Å². The fraction of sp³-hybridized carbons (Fsp3) is 0.944. The van der Waals surface area contributed by atoms with E-state index in [1.54, 1.807) is 0 Å². The highest BCUT2D eigenvalue weighted by Crippen LogP contribution is 2.33. The second kappa shape index (κ2) is 9.44. The predicted molar refractivity (Wildman–Crippen MR) is 105 cm³/mol. The van der Waals surface area contributed by atoms with E-state index in [1.165, 1.54) is 13.0 Å². The molecule has 1 atom stereocenters. The monoisotopic (exact) mass is 370 g/mol. The van der Waals surface area contributed by atoms with E-state index in [0.29, 0.717) is 4.75 Å². The molecule has 3 aliphatic rings. The van der Waals surface area contributed by atoms with Crippen molar-refractivity contribution in [1.82, 2.24) is 15.1 Å². The fourth-order valence-electron chi connectivity index (χ4n) is 4.09. The van der Waals surface area contributed by atoms with Gasteiger partial charge in [0.2, 0.25) is 0 Å². The van der Waals surface area contributed by atoms with Crippen molar-refractivity contribution in [3.8, 4) is 0 Å². The fourth-order valence-corrected chi connectivity index (χ4v) is 4.88. The van der Waals surface area contributed by atoms with Crippen molar-refractivity contribution < 1.29 is 9.47 Å². The first-order valence-corrected chi connectivity index (χ1v) is 10.9. The number of aliphatic imine (C=N–C) groups is 1. The summed E-state index contributed by atoms with van der Waals surface area (Å²) in [6.45, 7) is 10.1. The number of ether oxygens (including phenoxy) is 2. The highest BCUT2D eigenvalue weighted by Gasteiger charge is 2.33. The summed E-state index contributed by atoms with van der Waals surface area (Å²) >= 11 is 1.98. The van der Waals surface area contributed by atoms with Crippen molar-refractivity contribution in [3.05, 3.63) is 0 Å². The van der Waals surface area contributed by atoms with E-state index in [1.807, 2.05) is 18.8 Å². The van der Waals surface area contributed by atoms with Crippen molar-refractivity contribution in [2.24, 2.45) is 10.9 Å². The average molecular weight is 371 g/mol. The largest absolute Gasteiger partial charge is 0.381 e. The molecule has 0 aliphatic carbocycles. The van der Waals surface area contributed by atoms with Gasteiger partial charge in [-0.1, -0.05) is 0 Å². The van der Waals surface area contributed by atoms with Gasteiger partial charge >= 0.3 is 0 Å². The molecule has 7 heteroatoms. The number of nitrogens with zero attached hydrogens (tertiary/aromatic N) is 3. The van der Waals surface area contributed by atoms with Crippen LogP contribution in [-0.2, 0) is 9.47 Å². The quantitative estimate of drug-likeness (QED) is 0.578. The van der Waals surface area contributed by atoms with Crippen LogP contribution in [-0.4, -0.2) is 99.5 Å². The number of hydrogen-bond acceptors (Lipinski definition) is 5. The first-order valence-electron chi connectivity index (χ1n) is 9.63. The van der Waals surface area contributed by atoms with Gasteiger partial charge in [0.15, 0.2) is 5.96 Å². The second-order valence-corrected chi connectivity index (χ2v) is 8.69. The third-order valence-electron chi connectivity index (χ3n) is 5.82. The minimum atomic E-state index is 0.293. The van der Waals surface area contributed by atoms with Gasteiger partial charge in [-0.15, -0.1) is 0 Å². The Morgan fingerprint density at radius 3 is 2.56 bits per heavy atom. The zero-order chi connectivity index (χ0) is 17.5. The summed E-state index contributed by atoms with van der Waals surface area (Å²) in [5, 5.41) is 3.66. The van der Waals surface area contributed by atoms with Gasteiger partial charge in [0.05, 0.1) is 13.2 Å². The van der Waals surface area contributed by atoms with E-state index in [0.717, 1.165) is 83.9 Å². The number of hydrogen-bond donors (Lipinski definition) is 1. The zero-order valence-corrected chi connectivity index (χ0v) is 16.7. The van der Waals surface area contributed by atoms with Crippen LogP contribution in [0.25, 0.3) is 0 Å². The summed E-state index contributed by atoms with van der Waals surface area (Å²) in [4.78, 5) is 9.56. The molecule has 0 aromatic rings. The van der Waals surface area contributed by atoms with Crippen LogP contribution in [0.4, 0.5) is 0 Å². The highest BCUT2D eigenvalue weighted by molar-refractivity contribution is 8.00. The number of thioether (sulfide) groups is 1. The number of morpholine rings is 1. The number of rotatable bonds is 5. The molecular weight excluding hydrogens is 336 g/mol. The Kier molecular flexibility index (Phi) is 7.28. The van der Waals surface area contributed by atoms with E-state index in [2.05, 4.69) is 26.4 Å². The van der Waals surface area contributed by atoms with Gasteiger partial charge in [0.1, 0.15) is 0 Å². The maximum atomic E-state index is 5.55. The van der Waals surface area contributed by atoms with Crippen LogP contribution in [0.5, 0.6) is 0 Å². The molecular formula is C18H34N4O2S. The minimum absolute atomic E-state index is 0.293. The van der Waals surface area contributed by atoms with E-state index in [9.17, 15) is 0 Å². The van der Waals surface area contributed by atoms with Gasteiger partial charge in [-0.25, -0.2) is 0 Å². The standard InChI is InChI=1S/C18H34N4O2S/c1-19-17(20-15-18(25-2)4-9-23-10-5-18)22-6-3-16(14-22)13-21-7-11-24-12-8-21/h16H,3-15H2,1-2H3,(H,19,20). The molecule has 1 N–H and O–H groups in total. The SMILES string of the molecule is CN=C(NCC1(SC)CCOCC1)N1CCC(CN2CCOCC2)C1. The third kappa shape index (κ3) is 5.25. The van der Waals surface area contributed by atoms with Crippen LogP contribution in [0.15, 0.2) is 4.99 Å². The van der Waals surface area contributed by atoms with Crippen LogP contribution in [0.1, 0.15) is 19.3 Å². The van der Waals surface area contributed by atoms with Gasteiger partial charge in [0.25, 0.3) is 0 Å². The molecule has 6 nitrogen and oxygen atoms in total. The minimum Gasteiger partial charge on any atom is -0.381 e. The Balaban J connectivity index is 1.46. The molecule has 25 heavy (non-hydrogen) atoms. The topological polar surface area (TPSA) is 49.3 Å². The summed E-state index contributed by atoms with van der Waals surface area (Å²) in [6.07, 6.45) is 5.74. The van der Waals surface area contributed by atoms with E-state index < -0.39 is 0 Å². The third-order valence-corrected chi connectivity index (χ3v) is 7.24. The first-order chi connectivity index (χ1) is 12.2. The molecule has 3 heterocycles. The molecule has 0 amide bonds. The maximum absolute atomic E-state index is 5.55. The van der Waals surface area contributed by atoms with Crippen molar-refractivity contribution in [3.63, 3.8) is 0 Å². The van der Waals surface area contributed by atoms with E-state index in [-0.39, 0.29) is 0 Å². The molecule has 0 spiro atoms. The van der Waals surface area contributed by atoms with Crippen molar-refractivity contribution in [2.75, 3.05) is 79.0 Å². The molecule has 0 aromatic carbocycles. The van der Waals surface area contributed by atoms with E-state index in [4.69, 9.17) is 9.47 Å². The van der Waals surface area contributed by atoms with Gasteiger partial charge in [-0.05, 0) is 31.4 Å². The highest BCUT2D eigenvalue weighted by atomic mass is 32.2. The molecule has 3 fully saturated rings. The summed E-state index contributed by atoms with van der Waals surface area (Å²) in [7, 11) is 1.91. The van der Waals surface area contributed by atoms with Crippen LogP contribution in [0.2, 0.25) is 0 Å². The van der Waals surface area contributed by atoms with E-state index >= 15 is 0 Å². The van der Waals surface area contributed by atoms with Gasteiger partial charge in [-0.3, -0.25) is 9.89 Å². The average Bonchev–Trinajstić information content (AvgIpc) is 3.12. The van der Waals surface area contributed by atoms with Gasteiger partial charge in [-0.2, -0.15) is 11.8 Å². The van der Waals surface area contributed by atoms with Crippen molar-refractivity contribution >= 4 is 17.7 Å². The van der Waals surface area contributed by atoms with Crippen LogP contribution in [0, 0.1) is 5.92 Å². The van der Waals surface area contributed by atoms with Crippen molar-refractivity contribution in [2.45, 2.75) is 24.0 Å². The zero-order valence-electron chi connectivity index (χ0n) is 15.8. The molecule has 144 valence electrons. The lowest BCUT2D eigenvalue weighted by Crippen LogP contribution is -2.49. The summed E-state index contributed by atoms with van der Waals surface area (Å²) in [6, 6.07) is 0. The van der Waals surface area contributed by atoms with Crippen LogP contribution in [0.3, 0.4) is 0 Å². The molecule has 1 unspecified atom stereocenters. The van der Waals surface area contributed by atoms with Gasteiger partial charge in [0, 0.05) is 64.3 Å². The lowest BCUT2D eigenvalue weighted by atomic mass is 9.99. The lowest BCUT2D eigenvalue weighted by molar-refractivity contribution is 0.0315. The Bertz CT molecular complexity index is 437. The molecule has 0 radical (unpaired) electrons. The molecule has 3 saturated heterocycles. The smallest absolute Gasteiger partial charge is 0.193 e. The summed E-state index contributed by atoms with van der Waals surface area (Å²) in [5.74, 6) is 1.82. The number of likely N-dealkylation sites (tertiary alicyclic amines) is 1. The van der Waals surface area contributed by atoms with Crippen LogP contribution >= 0.6 is 11.8 Å². The Labute approximate surface area is 156 Å². The maximum Gasteiger partial charge on any atom is 0.193 e. The molecule has 0 aromatic heterocycles. The Morgan fingerprint density at radius 2 is 1.88 bits per heavy atom. The number of nitrogens with one attached hydrogen (secondary N) is 1. The van der Waals surface area contributed by atoms with Gasteiger partial charge < -0.3 is 19.7 Å². The Morgan fingerprint density at radius 1 is 1.16 bits per heavy atom. The van der Waals surface area contributed by atoms with Crippen molar-refractivity contribution in [1.29, 1.82) is 0 Å². The Hall–Kier alpha value is -0.500. The molecule has 3 aliphatic heterocycles. The molecule has 3 rings (SSSR count). The molecule has 0 saturated carbocycles. The lowest BCUT2D eigenvalue weighted by Gasteiger charge is -2.37. The summed E-state index contributed by atoms with van der Waals surface area (Å²) < 4.78 is 11.3. The number of guanidine groups is 1. The first kappa shape index (κ1) is 19.3. The molecule has 0 bridgehead atoms.